The quantitative estimate of drug-likeness (QED) is 0.784. The summed E-state index contributed by atoms with van der Waals surface area (Å²) in [5.41, 5.74) is 2.41. The molecule has 2 aromatic rings. The van der Waals surface area contributed by atoms with Crippen molar-refractivity contribution in [1.29, 1.82) is 0 Å². The molecule has 0 spiro atoms. The normalized spacial score (nSPS) is 17.2. The fraction of sp³-hybridized carbons (Fsp3) is 0.333. The van der Waals surface area contributed by atoms with Crippen molar-refractivity contribution in [3.8, 4) is 0 Å². The van der Waals surface area contributed by atoms with Crippen LogP contribution in [0.2, 0.25) is 0 Å². The average molecular weight is 352 g/mol. The van der Waals surface area contributed by atoms with Gasteiger partial charge in [-0.2, -0.15) is 0 Å². The maximum atomic E-state index is 12.5. The second-order valence-electron chi connectivity index (χ2n) is 6.86. The van der Waals surface area contributed by atoms with Gasteiger partial charge in [-0.05, 0) is 29.7 Å². The molecule has 0 fully saturated rings. The van der Waals surface area contributed by atoms with Crippen molar-refractivity contribution in [2.45, 2.75) is 32.4 Å². The van der Waals surface area contributed by atoms with E-state index >= 15 is 0 Å². The number of fused-ring (bicyclic) bond motifs is 1. The van der Waals surface area contributed by atoms with Crippen LogP contribution in [0.25, 0.3) is 0 Å². The molecule has 26 heavy (non-hydrogen) atoms. The molecule has 2 N–H and O–H groups in total. The largest absolute Gasteiger partial charge is 0.448 e. The minimum Gasteiger partial charge on any atom is -0.448 e. The van der Waals surface area contributed by atoms with Crippen LogP contribution < -0.4 is 10.6 Å². The number of ether oxygens (including phenoxy) is 1. The maximum Gasteiger partial charge on any atom is 0.339 e. The van der Waals surface area contributed by atoms with Crippen molar-refractivity contribution in [3.63, 3.8) is 0 Å². The highest BCUT2D eigenvalue weighted by molar-refractivity contribution is 5.95. The standard InChI is InChI=1S/C21H24N2O3/c1-14(2)18(23-16-9-4-3-5-10-16)13-22-20(24)19-12-15-8-6-7-11-17(15)21(25)26-19/h3-11,14,18-19,23H,12-13H2,1-2H3,(H,22,24). The van der Waals surface area contributed by atoms with Crippen LogP contribution in [0.15, 0.2) is 54.6 Å². The number of hydrogen-bond donors (Lipinski definition) is 2. The predicted octanol–water partition coefficient (Wildman–Crippen LogP) is 3.02. The second kappa shape index (κ2) is 8.04. The SMILES string of the molecule is CC(C)C(CNC(=O)C1Cc2ccccc2C(=O)O1)Nc1ccccc1. The first-order chi connectivity index (χ1) is 12.5. The van der Waals surface area contributed by atoms with Gasteiger partial charge in [-0.3, -0.25) is 4.79 Å². The van der Waals surface area contributed by atoms with Crippen LogP contribution in [-0.4, -0.2) is 30.6 Å². The Hall–Kier alpha value is -2.82. The zero-order valence-electron chi connectivity index (χ0n) is 15.1. The molecule has 0 saturated heterocycles. The third-order valence-corrected chi connectivity index (χ3v) is 4.61. The first-order valence-electron chi connectivity index (χ1n) is 8.93. The average Bonchev–Trinajstić information content (AvgIpc) is 2.65. The summed E-state index contributed by atoms with van der Waals surface area (Å²) in [4.78, 5) is 24.6. The lowest BCUT2D eigenvalue weighted by Gasteiger charge is -2.27. The minimum atomic E-state index is -0.776. The summed E-state index contributed by atoms with van der Waals surface area (Å²) in [6, 6.07) is 17.2. The van der Waals surface area contributed by atoms with Crippen molar-refractivity contribution in [2.75, 3.05) is 11.9 Å². The predicted molar refractivity (Wildman–Crippen MR) is 101 cm³/mol. The van der Waals surface area contributed by atoms with E-state index in [-0.39, 0.29) is 11.9 Å². The Labute approximate surface area is 153 Å². The van der Waals surface area contributed by atoms with Gasteiger partial charge in [0.05, 0.1) is 5.56 Å². The molecule has 5 heteroatoms. The topological polar surface area (TPSA) is 67.4 Å². The van der Waals surface area contributed by atoms with Gasteiger partial charge >= 0.3 is 5.97 Å². The summed E-state index contributed by atoms with van der Waals surface area (Å²) < 4.78 is 5.31. The van der Waals surface area contributed by atoms with Crippen molar-refractivity contribution < 1.29 is 14.3 Å². The van der Waals surface area contributed by atoms with Crippen LogP contribution in [0.3, 0.4) is 0 Å². The number of benzene rings is 2. The van der Waals surface area contributed by atoms with Crippen LogP contribution >= 0.6 is 0 Å². The summed E-state index contributed by atoms with van der Waals surface area (Å²) >= 11 is 0. The van der Waals surface area contributed by atoms with E-state index in [4.69, 9.17) is 4.74 Å². The zero-order chi connectivity index (χ0) is 18.5. The fourth-order valence-electron chi connectivity index (χ4n) is 3.00. The highest BCUT2D eigenvalue weighted by atomic mass is 16.5. The number of hydrogen-bond acceptors (Lipinski definition) is 4. The second-order valence-corrected chi connectivity index (χ2v) is 6.86. The third kappa shape index (κ3) is 4.23. The van der Waals surface area contributed by atoms with Gasteiger partial charge in [-0.15, -0.1) is 0 Å². The smallest absolute Gasteiger partial charge is 0.339 e. The van der Waals surface area contributed by atoms with Crippen molar-refractivity contribution in [1.82, 2.24) is 5.32 Å². The number of carbonyl (C=O) groups excluding carboxylic acids is 2. The Morgan fingerprint density at radius 2 is 1.81 bits per heavy atom. The monoisotopic (exact) mass is 352 g/mol. The molecule has 2 aromatic carbocycles. The maximum absolute atomic E-state index is 12.5. The summed E-state index contributed by atoms with van der Waals surface area (Å²) in [5, 5.41) is 6.37. The van der Waals surface area contributed by atoms with E-state index < -0.39 is 12.1 Å². The summed E-state index contributed by atoms with van der Waals surface area (Å²) in [6.45, 7) is 4.66. The van der Waals surface area contributed by atoms with E-state index in [2.05, 4.69) is 24.5 Å². The highest BCUT2D eigenvalue weighted by Gasteiger charge is 2.31. The van der Waals surface area contributed by atoms with E-state index in [9.17, 15) is 9.59 Å². The van der Waals surface area contributed by atoms with Gasteiger partial charge in [-0.1, -0.05) is 50.2 Å². The lowest BCUT2D eigenvalue weighted by Crippen LogP contribution is -2.46. The van der Waals surface area contributed by atoms with E-state index in [1.807, 2.05) is 42.5 Å². The Bertz CT molecular complexity index is 774. The Morgan fingerprint density at radius 3 is 2.54 bits per heavy atom. The first kappa shape index (κ1) is 18.0. The van der Waals surface area contributed by atoms with Gasteiger partial charge in [0, 0.05) is 24.7 Å². The molecule has 1 amide bonds. The minimum absolute atomic E-state index is 0.0768. The van der Waals surface area contributed by atoms with Gasteiger partial charge in [0.1, 0.15) is 0 Å². The van der Waals surface area contributed by atoms with E-state index in [0.717, 1.165) is 11.3 Å². The van der Waals surface area contributed by atoms with Gasteiger partial charge in [0.25, 0.3) is 5.91 Å². The summed E-state index contributed by atoms with van der Waals surface area (Å²) in [7, 11) is 0. The number of amides is 1. The highest BCUT2D eigenvalue weighted by Crippen LogP contribution is 2.20. The van der Waals surface area contributed by atoms with Crippen molar-refractivity contribution in [2.24, 2.45) is 5.92 Å². The Kier molecular flexibility index (Phi) is 5.56. The molecule has 0 aromatic heterocycles. The number of cyclic esters (lactones) is 1. The summed E-state index contributed by atoms with van der Waals surface area (Å²) in [5.74, 6) is -0.367. The number of para-hydroxylation sites is 1. The summed E-state index contributed by atoms with van der Waals surface area (Å²) in [6.07, 6.45) is -0.367. The van der Waals surface area contributed by atoms with Gasteiger partial charge in [-0.25, -0.2) is 4.79 Å². The Balaban J connectivity index is 1.60. The van der Waals surface area contributed by atoms with Crippen molar-refractivity contribution >= 4 is 17.6 Å². The zero-order valence-corrected chi connectivity index (χ0v) is 15.1. The molecule has 5 nitrogen and oxygen atoms in total. The van der Waals surface area contributed by atoms with Gasteiger partial charge in [0.2, 0.25) is 0 Å². The third-order valence-electron chi connectivity index (χ3n) is 4.61. The van der Waals surface area contributed by atoms with Crippen LogP contribution in [-0.2, 0) is 16.0 Å². The molecule has 0 radical (unpaired) electrons. The first-order valence-corrected chi connectivity index (χ1v) is 8.93. The number of carbonyl (C=O) groups is 2. The Morgan fingerprint density at radius 1 is 1.12 bits per heavy atom. The van der Waals surface area contributed by atoms with Crippen LogP contribution in [0.5, 0.6) is 0 Å². The van der Waals surface area contributed by atoms with E-state index in [0.29, 0.717) is 24.4 Å². The van der Waals surface area contributed by atoms with Crippen LogP contribution in [0.4, 0.5) is 5.69 Å². The molecule has 2 atom stereocenters. The molecule has 0 aliphatic carbocycles. The van der Waals surface area contributed by atoms with Crippen molar-refractivity contribution in [3.05, 3.63) is 65.7 Å². The number of nitrogens with one attached hydrogen (secondary N) is 2. The fourth-order valence-corrected chi connectivity index (χ4v) is 3.00. The number of rotatable bonds is 6. The van der Waals surface area contributed by atoms with E-state index in [1.54, 1.807) is 12.1 Å². The lowest BCUT2D eigenvalue weighted by atomic mass is 9.98. The molecule has 1 heterocycles. The molecule has 0 bridgehead atoms. The molecule has 0 saturated carbocycles. The molecule has 1 aliphatic heterocycles. The molecule has 1 aliphatic rings. The number of anilines is 1. The van der Waals surface area contributed by atoms with Crippen LogP contribution in [0.1, 0.15) is 29.8 Å². The molecular formula is C21H24N2O3. The molecule has 3 rings (SSSR count). The molecule has 2 unspecified atom stereocenters. The van der Waals surface area contributed by atoms with E-state index in [1.165, 1.54) is 0 Å². The lowest BCUT2D eigenvalue weighted by molar-refractivity contribution is -0.130. The molecular weight excluding hydrogens is 328 g/mol. The van der Waals surface area contributed by atoms with Crippen LogP contribution in [0, 0.1) is 5.92 Å². The number of esters is 1. The molecule has 136 valence electrons. The van der Waals surface area contributed by atoms with Gasteiger partial charge in [0.15, 0.2) is 6.10 Å². The van der Waals surface area contributed by atoms with Gasteiger partial charge < -0.3 is 15.4 Å².